The minimum absolute atomic E-state index is 0.126. The minimum Gasteiger partial charge on any atom is -0.334 e. The van der Waals surface area contributed by atoms with Gasteiger partial charge in [-0.2, -0.15) is 0 Å². The summed E-state index contributed by atoms with van der Waals surface area (Å²) in [5.41, 5.74) is 2.53. The number of likely N-dealkylation sites (tertiary alicyclic amines) is 1. The number of halogens is 1. The maximum Gasteiger partial charge on any atom is 0.317 e. The summed E-state index contributed by atoms with van der Waals surface area (Å²) in [7, 11) is 0. The number of nitrogens with zero attached hydrogens (tertiary/aromatic N) is 4. The van der Waals surface area contributed by atoms with E-state index in [0.29, 0.717) is 19.6 Å². The number of nitrogens with one attached hydrogen (secondary N) is 1. The highest BCUT2D eigenvalue weighted by Gasteiger charge is 2.30. The second kappa shape index (κ2) is 7.34. The van der Waals surface area contributed by atoms with Crippen LogP contribution in [0.15, 0.2) is 42.6 Å². The van der Waals surface area contributed by atoms with E-state index in [0.717, 1.165) is 35.5 Å². The second-order valence-corrected chi connectivity index (χ2v) is 6.78. The lowest BCUT2D eigenvalue weighted by atomic mass is 10.1. The van der Waals surface area contributed by atoms with Crippen LogP contribution in [0.2, 0.25) is 0 Å². The number of pyridine rings is 1. The first kappa shape index (κ1) is 17.5. The SMILES string of the molecule is CCn1c(C2CCN(C(=O)NCc3cccc(F)c3)C2)nc2cccnc21. The van der Waals surface area contributed by atoms with Crippen molar-refractivity contribution in [1.29, 1.82) is 0 Å². The summed E-state index contributed by atoms with van der Waals surface area (Å²) in [6, 6.07) is 10.0. The largest absolute Gasteiger partial charge is 0.334 e. The molecule has 1 atom stereocenters. The zero-order valence-electron chi connectivity index (χ0n) is 15.2. The summed E-state index contributed by atoms with van der Waals surface area (Å²) in [5.74, 6) is 0.890. The topological polar surface area (TPSA) is 63.1 Å². The van der Waals surface area contributed by atoms with Gasteiger partial charge in [-0.05, 0) is 43.2 Å². The van der Waals surface area contributed by atoms with Crippen molar-refractivity contribution in [2.24, 2.45) is 0 Å². The van der Waals surface area contributed by atoms with Crippen LogP contribution in [0.4, 0.5) is 9.18 Å². The third-order valence-electron chi connectivity index (χ3n) is 5.02. The zero-order valence-corrected chi connectivity index (χ0v) is 15.2. The minimum atomic E-state index is -0.296. The Morgan fingerprint density at radius 1 is 1.33 bits per heavy atom. The molecule has 1 fully saturated rings. The Kier molecular flexibility index (Phi) is 4.75. The van der Waals surface area contributed by atoms with E-state index in [-0.39, 0.29) is 17.8 Å². The highest BCUT2D eigenvalue weighted by Crippen LogP contribution is 2.29. The number of carbonyl (C=O) groups is 1. The van der Waals surface area contributed by atoms with Crippen LogP contribution in [0.5, 0.6) is 0 Å². The van der Waals surface area contributed by atoms with E-state index in [1.54, 1.807) is 23.2 Å². The van der Waals surface area contributed by atoms with Gasteiger partial charge in [0.25, 0.3) is 0 Å². The molecule has 140 valence electrons. The van der Waals surface area contributed by atoms with E-state index < -0.39 is 0 Å². The summed E-state index contributed by atoms with van der Waals surface area (Å²) in [6.07, 6.45) is 2.65. The van der Waals surface area contributed by atoms with Gasteiger partial charge in [0.2, 0.25) is 0 Å². The summed E-state index contributed by atoms with van der Waals surface area (Å²) < 4.78 is 15.4. The molecule has 1 N–H and O–H groups in total. The molecule has 0 bridgehead atoms. The van der Waals surface area contributed by atoms with Crippen LogP contribution in [0.3, 0.4) is 0 Å². The molecule has 0 aliphatic carbocycles. The molecule has 4 rings (SSSR count). The molecular formula is C20H22FN5O. The first-order valence-corrected chi connectivity index (χ1v) is 9.24. The van der Waals surface area contributed by atoms with E-state index in [1.807, 2.05) is 12.1 Å². The smallest absolute Gasteiger partial charge is 0.317 e. The molecule has 1 aliphatic rings. The average Bonchev–Trinajstić information content (AvgIpc) is 3.30. The van der Waals surface area contributed by atoms with Crippen LogP contribution < -0.4 is 5.32 Å². The zero-order chi connectivity index (χ0) is 18.8. The molecule has 0 spiro atoms. The molecule has 27 heavy (non-hydrogen) atoms. The molecule has 2 aromatic heterocycles. The lowest BCUT2D eigenvalue weighted by molar-refractivity contribution is 0.207. The Morgan fingerprint density at radius 3 is 3.04 bits per heavy atom. The molecule has 0 saturated carbocycles. The van der Waals surface area contributed by atoms with Crippen molar-refractivity contribution in [3.05, 3.63) is 59.8 Å². The van der Waals surface area contributed by atoms with Crippen molar-refractivity contribution in [3.63, 3.8) is 0 Å². The van der Waals surface area contributed by atoms with Gasteiger partial charge in [0.1, 0.15) is 17.2 Å². The highest BCUT2D eigenvalue weighted by atomic mass is 19.1. The Hall–Kier alpha value is -2.96. The molecular weight excluding hydrogens is 345 g/mol. The number of benzene rings is 1. The highest BCUT2D eigenvalue weighted by molar-refractivity contribution is 5.75. The summed E-state index contributed by atoms with van der Waals surface area (Å²) in [4.78, 5) is 23.5. The van der Waals surface area contributed by atoms with Gasteiger partial charge in [0.05, 0.1) is 0 Å². The summed E-state index contributed by atoms with van der Waals surface area (Å²) in [6.45, 7) is 4.50. The predicted molar refractivity (Wildman–Crippen MR) is 101 cm³/mol. The van der Waals surface area contributed by atoms with Crippen molar-refractivity contribution >= 4 is 17.2 Å². The first-order chi connectivity index (χ1) is 13.2. The number of aryl methyl sites for hydroxylation is 1. The van der Waals surface area contributed by atoms with E-state index in [9.17, 15) is 9.18 Å². The molecule has 6 nitrogen and oxygen atoms in total. The number of aromatic nitrogens is 3. The van der Waals surface area contributed by atoms with Gasteiger partial charge in [-0.15, -0.1) is 0 Å². The van der Waals surface area contributed by atoms with Gasteiger partial charge >= 0.3 is 6.03 Å². The van der Waals surface area contributed by atoms with Gasteiger partial charge in [-0.25, -0.2) is 19.2 Å². The molecule has 1 unspecified atom stereocenters. The summed E-state index contributed by atoms with van der Waals surface area (Å²) >= 11 is 0. The monoisotopic (exact) mass is 367 g/mol. The van der Waals surface area contributed by atoms with Crippen molar-refractivity contribution in [3.8, 4) is 0 Å². The van der Waals surface area contributed by atoms with E-state index in [1.165, 1.54) is 12.1 Å². The fourth-order valence-corrected chi connectivity index (χ4v) is 3.69. The molecule has 1 aliphatic heterocycles. The third-order valence-corrected chi connectivity index (χ3v) is 5.02. The number of fused-ring (bicyclic) bond motifs is 1. The van der Waals surface area contributed by atoms with Gasteiger partial charge in [-0.1, -0.05) is 12.1 Å². The van der Waals surface area contributed by atoms with Crippen molar-refractivity contribution in [2.45, 2.75) is 32.4 Å². The lowest BCUT2D eigenvalue weighted by Gasteiger charge is -2.17. The van der Waals surface area contributed by atoms with Crippen LogP contribution in [0, 0.1) is 5.82 Å². The standard InChI is InChI=1S/C20H22FN5O/c1-2-26-18(24-17-7-4-9-22-19(17)26)15-8-10-25(13-15)20(27)23-12-14-5-3-6-16(21)11-14/h3-7,9,11,15H,2,8,10,12-13H2,1H3,(H,23,27). The van der Waals surface area contributed by atoms with E-state index in [4.69, 9.17) is 4.98 Å². The molecule has 3 aromatic rings. The number of imidazole rings is 1. The molecule has 7 heteroatoms. The van der Waals surface area contributed by atoms with Crippen LogP contribution >= 0.6 is 0 Å². The van der Waals surface area contributed by atoms with Crippen LogP contribution in [-0.2, 0) is 13.1 Å². The number of hydrogen-bond donors (Lipinski definition) is 1. The molecule has 0 radical (unpaired) electrons. The number of amides is 2. The number of urea groups is 1. The quantitative estimate of drug-likeness (QED) is 0.770. The average molecular weight is 367 g/mol. The Bertz CT molecular complexity index is 970. The fourth-order valence-electron chi connectivity index (χ4n) is 3.69. The number of carbonyl (C=O) groups excluding carboxylic acids is 1. The summed E-state index contributed by atoms with van der Waals surface area (Å²) in [5, 5.41) is 2.88. The van der Waals surface area contributed by atoms with Crippen molar-refractivity contribution in [2.75, 3.05) is 13.1 Å². The number of rotatable bonds is 4. The van der Waals surface area contributed by atoms with Gasteiger partial charge in [0, 0.05) is 38.3 Å². The first-order valence-electron chi connectivity index (χ1n) is 9.24. The normalized spacial score (nSPS) is 16.8. The molecule has 3 heterocycles. The van der Waals surface area contributed by atoms with E-state index >= 15 is 0 Å². The maximum atomic E-state index is 13.3. The third kappa shape index (κ3) is 3.49. The van der Waals surface area contributed by atoms with Gasteiger partial charge < -0.3 is 14.8 Å². The van der Waals surface area contributed by atoms with Gasteiger partial charge in [0.15, 0.2) is 5.65 Å². The Balaban J connectivity index is 1.43. The van der Waals surface area contributed by atoms with Gasteiger partial charge in [-0.3, -0.25) is 0 Å². The lowest BCUT2D eigenvalue weighted by Crippen LogP contribution is -2.38. The Morgan fingerprint density at radius 2 is 2.22 bits per heavy atom. The maximum absolute atomic E-state index is 13.3. The molecule has 2 amide bonds. The predicted octanol–water partition coefficient (Wildman–Crippen LogP) is 3.29. The molecule has 1 aromatic carbocycles. The van der Waals surface area contributed by atoms with Crippen molar-refractivity contribution < 1.29 is 9.18 Å². The Labute approximate surface area is 157 Å². The van der Waals surface area contributed by atoms with Crippen LogP contribution in [0.1, 0.15) is 30.7 Å². The van der Waals surface area contributed by atoms with Crippen molar-refractivity contribution in [1.82, 2.24) is 24.8 Å². The fraction of sp³-hybridized carbons (Fsp3) is 0.350. The molecule has 1 saturated heterocycles. The second-order valence-electron chi connectivity index (χ2n) is 6.78. The van der Waals surface area contributed by atoms with E-state index in [2.05, 4.69) is 21.8 Å². The van der Waals surface area contributed by atoms with Crippen LogP contribution in [0.25, 0.3) is 11.2 Å². The van der Waals surface area contributed by atoms with Crippen LogP contribution in [-0.4, -0.2) is 38.6 Å². The number of hydrogen-bond acceptors (Lipinski definition) is 3.